The van der Waals surface area contributed by atoms with Crippen LogP contribution in [0.5, 0.6) is 0 Å². The minimum absolute atomic E-state index is 0.216. The van der Waals surface area contributed by atoms with Gasteiger partial charge in [-0.3, -0.25) is 0 Å². The third-order valence-electron chi connectivity index (χ3n) is 6.24. The minimum Gasteiger partial charge on any atom is -0.478 e. The lowest BCUT2D eigenvalue weighted by Crippen LogP contribution is -2.29. The summed E-state index contributed by atoms with van der Waals surface area (Å²) in [6, 6.07) is 12.2. The summed E-state index contributed by atoms with van der Waals surface area (Å²) in [6.45, 7) is 11.9. The van der Waals surface area contributed by atoms with Crippen LogP contribution in [0.2, 0.25) is 0 Å². The first-order valence-corrected chi connectivity index (χ1v) is 9.88. The van der Waals surface area contributed by atoms with Crippen LogP contribution in [-0.2, 0) is 10.8 Å². The predicted octanol–water partition coefficient (Wildman–Crippen LogP) is 5.74. The molecule has 1 aliphatic rings. The van der Waals surface area contributed by atoms with Crippen LogP contribution in [0.4, 0.5) is 0 Å². The van der Waals surface area contributed by atoms with Crippen molar-refractivity contribution in [1.82, 2.24) is 0 Å². The first-order valence-electron chi connectivity index (χ1n) is 9.88. The van der Waals surface area contributed by atoms with E-state index in [9.17, 15) is 19.8 Å². The first kappa shape index (κ1) is 21.3. The smallest absolute Gasteiger partial charge is 0.335 e. The maximum atomic E-state index is 11.7. The maximum absolute atomic E-state index is 11.7. The molecule has 0 saturated carbocycles. The predicted molar refractivity (Wildman–Crippen MR) is 118 cm³/mol. The molecular formula is C26H26O4. The molecular weight excluding hydrogens is 376 g/mol. The van der Waals surface area contributed by atoms with Gasteiger partial charge in [0.15, 0.2) is 0 Å². The second kappa shape index (κ2) is 8.15. The molecule has 3 rings (SSSR count). The molecule has 154 valence electrons. The molecule has 0 radical (unpaired) electrons. The zero-order valence-electron chi connectivity index (χ0n) is 16.9. The van der Waals surface area contributed by atoms with Crippen LogP contribution < -0.4 is 0 Å². The fourth-order valence-corrected chi connectivity index (χ4v) is 5.04. The van der Waals surface area contributed by atoms with Crippen molar-refractivity contribution in [3.63, 3.8) is 0 Å². The molecule has 30 heavy (non-hydrogen) atoms. The standard InChI is InChI=1S/C26H26O4/c1-4-13-25(14-5-2)17-26(15-6-3,20-10-7-18(8-11-20)23(27)28)22-16-19(24(29)30)9-12-21(22)25/h4-12,16H,1-3,13-15,17H2,(H,27,28)(H,29,30). The quantitative estimate of drug-likeness (QED) is 0.525. The van der Waals surface area contributed by atoms with Gasteiger partial charge in [-0.1, -0.05) is 36.4 Å². The van der Waals surface area contributed by atoms with Crippen LogP contribution >= 0.6 is 0 Å². The highest BCUT2D eigenvalue weighted by molar-refractivity contribution is 5.89. The van der Waals surface area contributed by atoms with Crippen molar-refractivity contribution in [2.24, 2.45) is 0 Å². The van der Waals surface area contributed by atoms with E-state index in [4.69, 9.17) is 0 Å². The summed E-state index contributed by atoms with van der Waals surface area (Å²) >= 11 is 0. The normalized spacial score (nSPS) is 18.9. The number of allylic oxidation sites excluding steroid dienone is 3. The van der Waals surface area contributed by atoms with Crippen molar-refractivity contribution < 1.29 is 19.8 Å². The van der Waals surface area contributed by atoms with E-state index >= 15 is 0 Å². The number of fused-ring (bicyclic) bond motifs is 1. The zero-order valence-corrected chi connectivity index (χ0v) is 16.9. The fraction of sp³-hybridized carbons (Fsp3) is 0.231. The lowest BCUT2D eigenvalue weighted by Gasteiger charge is -2.34. The SMILES string of the molecule is C=CCC1(CC=C)CC(CC=C)(c2ccc(C(=O)O)cc2)c2cc(C(=O)O)ccc21. The lowest BCUT2D eigenvalue weighted by molar-refractivity contribution is 0.0686. The molecule has 0 aliphatic heterocycles. The summed E-state index contributed by atoms with van der Waals surface area (Å²) in [4.78, 5) is 23.0. The van der Waals surface area contributed by atoms with Gasteiger partial charge in [0.25, 0.3) is 0 Å². The average Bonchev–Trinajstić information content (AvgIpc) is 2.99. The summed E-state index contributed by atoms with van der Waals surface area (Å²) in [7, 11) is 0. The molecule has 0 amide bonds. The molecule has 0 bridgehead atoms. The number of carboxylic acid groups (broad SMARTS) is 2. The van der Waals surface area contributed by atoms with Gasteiger partial charge in [-0.15, -0.1) is 19.7 Å². The molecule has 4 heteroatoms. The Kier molecular flexibility index (Phi) is 5.79. The molecule has 0 heterocycles. The molecule has 0 spiro atoms. The van der Waals surface area contributed by atoms with Gasteiger partial charge < -0.3 is 10.2 Å². The third kappa shape index (κ3) is 3.39. The van der Waals surface area contributed by atoms with E-state index in [0.717, 1.165) is 36.0 Å². The van der Waals surface area contributed by atoms with Crippen LogP contribution in [0.15, 0.2) is 80.4 Å². The minimum atomic E-state index is -0.980. The van der Waals surface area contributed by atoms with Gasteiger partial charge in [0.1, 0.15) is 0 Å². The van der Waals surface area contributed by atoms with Gasteiger partial charge in [0.2, 0.25) is 0 Å². The zero-order chi connectivity index (χ0) is 21.9. The van der Waals surface area contributed by atoms with Gasteiger partial charge in [0.05, 0.1) is 11.1 Å². The summed E-state index contributed by atoms with van der Waals surface area (Å²) in [5, 5.41) is 18.9. The van der Waals surface area contributed by atoms with Gasteiger partial charge in [-0.2, -0.15) is 0 Å². The van der Waals surface area contributed by atoms with Crippen molar-refractivity contribution in [2.75, 3.05) is 0 Å². The number of hydrogen-bond donors (Lipinski definition) is 2. The number of carbonyl (C=O) groups is 2. The second-order valence-corrected chi connectivity index (χ2v) is 7.97. The van der Waals surface area contributed by atoms with Crippen LogP contribution in [0.1, 0.15) is 63.1 Å². The van der Waals surface area contributed by atoms with Crippen molar-refractivity contribution in [3.8, 4) is 0 Å². The van der Waals surface area contributed by atoms with Gasteiger partial charge in [-0.05, 0) is 66.6 Å². The van der Waals surface area contributed by atoms with Crippen LogP contribution in [0.3, 0.4) is 0 Å². The highest BCUT2D eigenvalue weighted by atomic mass is 16.4. The van der Waals surface area contributed by atoms with E-state index in [-0.39, 0.29) is 16.5 Å². The number of hydrogen-bond acceptors (Lipinski definition) is 2. The molecule has 1 atom stereocenters. The first-order chi connectivity index (χ1) is 14.3. The maximum Gasteiger partial charge on any atom is 0.335 e. The third-order valence-corrected chi connectivity index (χ3v) is 6.24. The fourth-order valence-electron chi connectivity index (χ4n) is 5.04. The Morgan fingerprint density at radius 1 is 0.800 bits per heavy atom. The van der Waals surface area contributed by atoms with E-state index in [1.165, 1.54) is 0 Å². The topological polar surface area (TPSA) is 74.6 Å². The molecule has 2 N–H and O–H groups in total. The summed E-state index contributed by atoms with van der Waals surface area (Å²) in [5.41, 5.74) is 2.68. The van der Waals surface area contributed by atoms with Crippen molar-refractivity contribution >= 4 is 11.9 Å². The van der Waals surface area contributed by atoms with Gasteiger partial charge >= 0.3 is 11.9 Å². The Labute approximate surface area is 176 Å². The molecule has 0 saturated heterocycles. The summed E-state index contributed by atoms with van der Waals surface area (Å²) in [5.74, 6) is -1.96. The highest BCUT2D eigenvalue weighted by Gasteiger charge is 2.51. The molecule has 2 aromatic rings. The average molecular weight is 402 g/mol. The van der Waals surface area contributed by atoms with Gasteiger partial charge in [0, 0.05) is 10.8 Å². The molecule has 0 fully saturated rings. The number of benzene rings is 2. The highest BCUT2D eigenvalue weighted by Crippen LogP contribution is 2.58. The van der Waals surface area contributed by atoms with E-state index in [2.05, 4.69) is 19.7 Å². The molecule has 1 unspecified atom stereocenters. The summed E-state index contributed by atoms with van der Waals surface area (Å²) < 4.78 is 0. The van der Waals surface area contributed by atoms with E-state index < -0.39 is 17.4 Å². The van der Waals surface area contributed by atoms with Crippen molar-refractivity contribution in [2.45, 2.75) is 36.5 Å². The van der Waals surface area contributed by atoms with Crippen molar-refractivity contribution in [1.29, 1.82) is 0 Å². The summed E-state index contributed by atoms with van der Waals surface area (Å²) in [6.07, 6.45) is 8.43. The number of carboxylic acids is 2. The Morgan fingerprint density at radius 3 is 1.83 bits per heavy atom. The molecule has 1 aliphatic carbocycles. The molecule has 2 aromatic carbocycles. The Balaban J connectivity index is 2.32. The largest absolute Gasteiger partial charge is 0.478 e. The van der Waals surface area contributed by atoms with E-state index in [0.29, 0.717) is 6.42 Å². The van der Waals surface area contributed by atoms with Crippen LogP contribution in [-0.4, -0.2) is 22.2 Å². The molecule has 0 aromatic heterocycles. The van der Waals surface area contributed by atoms with Crippen LogP contribution in [0, 0.1) is 0 Å². The van der Waals surface area contributed by atoms with Crippen LogP contribution in [0.25, 0.3) is 0 Å². The molecule has 4 nitrogen and oxygen atoms in total. The monoisotopic (exact) mass is 402 g/mol. The number of rotatable bonds is 9. The van der Waals surface area contributed by atoms with Gasteiger partial charge in [-0.25, -0.2) is 9.59 Å². The number of aromatic carboxylic acids is 2. The van der Waals surface area contributed by atoms with E-state index in [1.807, 2.05) is 36.4 Å². The second-order valence-electron chi connectivity index (χ2n) is 7.97. The van der Waals surface area contributed by atoms with Crippen molar-refractivity contribution in [3.05, 3.63) is 108 Å². The Hall–Kier alpha value is -3.40. The van der Waals surface area contributed by atoms with E-state index in [1.54, 1.807) is 24.3 Å². The Morgan fingerprint density at radius 2 is 1.33 bits per heavy atom. The Bertz CT molecular complexity index is 1010. The lowest BCUT2D eigenvalue weighted by atomic mass is 9.68.